The number of ether oxygens (including phenoxy) is 1. The van der Waals surface area contributed by atoms with Crippen LogP contribution in [0.5, 0.6) is 0 Å². The maximum absolute atomic E-state index is 12.2. The van der Waals surface area contributed by atoms with E-state index < -0.39 is 11.7 Å². The van der Waals surface area contributed by atoms with Crippen LogP contribution in [0.1, 0.15) is 29.8 Å². The Morgan fingerprint density at radius 2 is 1.67 bits per heavy atom. The minimum atomic E-state index is -4.39. The number of hydrogen-bond donors (Lipinski definition) is 0. The Kier molecular flexibility index (Phi) is 10.9. The number of halogens is 4. The molecule has 1 rings (SSSR count). The van der Waals surface area contributed by atoms with Gasteiger partial charge >= 0.3 is 6.18 Å². The molecule has 104 valence electrons. The summed E-state index contributed by atoms with van der Waals surface area (Å²) < 4.78 is 40.6. The van der Waals surface area contributed by atoms with Crippen LogP contribution in [0.2, 0.25) is 0 Å². The van der Waals surface area contributed by atoms with Gasteiger partial charge in [-0.15, -0.1) is 0 Å². The van der Waals surface area contributed by atoms with Crippen molar-refractivity contribution in [2.45, 2.75) is 20.0 Å². The van der Waals surface area contributed by atoms with Gasteiger partial charge < -0.3 is 4.74 Å². The second-order valence-electron chi connectivity index (χ2n) is 2.76. The Balaban J connectivity index is 0. The Labute approximate surface area is 113 Å². The number of carbonyl (C=O) groups is 1. The second kappa shape index (κ2) is 10.1. The van der Waals surface area contributed by atoms with Crippen molar-refractivity contribution in [1.82, 2.24) is 0 Å². The molecule has 0 fully saturated rings. The number of aldehydes is 1. The molecule has 18 heavy (non-hydrogen) atoms. The van der Waals surface area contributed by atoms with Gasteiger partial charge in [0.15, 0.2) is 0 Å². The van der Waals surface area contributed by atoms with Crippen LogP contribution in [-0.4, -0.2) is 20.5 Å². The van der Waals surface area contributed by atoms with Gasteiger partial charge in [-0.05, 0) is 12.1 Å². The first-order chi connectivity index (χ1) is 8.36. The molecule has 0 N–H and O–H groups in total. The summed E-state index contributed by atoms with van der Waals surface area (Å²) in [7, 11) is 3.25. The summed E-state index contributed by atoms with van der Waals surface area (Å²) in [6.07, 6.45) is -3.90. The molecule has 0 amide bonds. The Morgan fingerprint density at radius 3 is 1.94 bits per heavy atom. The summed E-state index contributed by atoms with van der Waals surface area (Å²) in [6.45, 7) is 4.00. The average Bonchev–Trinajstić information content (AvgIpc) is 2.31. The van der Waals surface area contributed by atoms with Crippen molar-refractivity contribution in [3.8, 4) is 0 Å². The van der Waals surface area contributed by atoms with Gasteiger partial charge in [-0.3, -0.25) is 4.79 Å². The van der Waals surface area contributed by atoms with Crippen molar-refractivity contribution in [2.75, 3.05) is 14.2 Å². The molecule has 0 aliphatic carbocycles. The quantitative estimate of drug-likeness (QED) is 0.706. The summed E-state index contributed by atoms with van der Waals surface area (Å²) >= 11 is 2.74. The smallest absolute Gasteiger partial charge is 0.388 e. The third kappa shape index (κ3) is 7.45. The summed E-state index contributed by atoms with van der Waals surface area (Å²) in [6, 6.07) is 3.13. The minimum absolute atomic E-state index is 0.121. The molecule has 6 heteroatoms. The molecule has 1 aromatic carbocycles. The molecule has 0 atom stereocenters. The van der Waals surface area contributed by atoms with Crippen LogP contribution >= 0.6 is 15.9 Å². The average molecular weight is 329 g/mol. The molecule has 0 heterocycles. The molecule has 0 saturated heterocycles. The minimum Gasteiger partial charge on any atom is -0.388 e. The highest BCUT2D eigenvalue weighted by Gasteiger charge is 2.32. The van der Waals surface area contributed by atoms with Gasteiger partial charge in [0, 0.05) is 24.3 Å². The van der Waals surface area contributed by atoms with Crippen LogP contribution in [0.25, 0.3) is 0 Å². The number of rotatable bonds is 1. The summed E-state index contributed by atoms with van der Waals surface area (Å²) in [4.78, 5) is 10.2. The topological polar surface area (TPSA) is 26.3 Å². The fraction of sp³-hybridized carbons (Fsp3) is 0.417. The van der Waals surface area contributed by atoms with E-state index >= 15 is 0 Å². The summed E-state index contributed by atoms with van der Waals surface area (Å²) in [5.74, 6) is 0. The molecule has 0 aliphatic heterocycles. The van der Waals surface area contributed by atoms with Gasteiger partial charge in [0.25, 0.3) is 0 Å². The highest BCUT2D eigenvalue weighted by Crippen LogP contribution is 2.34. The van der Waals surface area contributed by atoms with Gasteiger partial charge in [-0.2, -0.15) is 13.2 Å². The second-order valence-corrected chi connectivity index (χ2v) is 3.62. The van der Waals surface area contributed by atoms with E-state index in [1.54, 1.807) is 14.2 Å². The van der Waals surface area contributed by atoms with E-state index in [1.807, 2.05) is 13.8 Å². The van der Waals surface area contributed by atoms with Gasteiger partial charge in [0.05, 0.1) is 5.56 Å². The van der Waals surface area contributed by atoms with Crippen molar-refractivity contribution in [1.29, 1.82) is 0 Å². The van der Waals surface area contributed by atoms with E-state index in [-0.39, 0.29) is 10.0 Å². The highest BCUT2D eigenvalue weighted by atomic mass is 79.9. The first-order valence-corrected chi connectivity index (χ1v) is 5.88. The molecule has 0 bridgehead atoms. The third-order valence-electron chi connectivity index (χ3n) is 1.43. The number of alkyl halides is 3. The first-order valence-electron chi connectivity index (χ1n) is 5.08. The monoisotopic (exact) mass is 328 g/mol. The van der Waals surface area contributed by atoms with E-state index in [4.69, 9.17) is 0 Å². The number of methoxy groups -OCH3 is 1. The number of carbonyl (C=O) groups excluding carboxylic acids is 1. The predicted octanol–water partition coefficient (Wildman–Crippen LogP) is 4.57. The maximum atomic E-state index is 12.2. The molecular formula is C12H16BrF3O2. The lowest BCUT2D eigenvalue weighted by molar-refractivity contribution is -0.138. The third-order valence-corrected chi connectivity index (χ3v) is 2.09. The molecule has 2 nitrogen and oxygen atoms in total. The molecule has 0 radical (unpaired) electrons. The van der Waals surface area contributed by atoms with E-state index in [0.717, 1.165) is 18.2 Å². The van der Waals surface area contributed by atoms with Crippen molar-refractivity contribution >= 4 is 22.2 Å². The van der Waals surface area contributed by atoms with Gasteiger partial charge in [0.1, 0.15) is 6.29 Å². The molecule has 0 spiro atoms. The summed E-state index contributed by atoms with van der Waals surface area (Å²) in [5.41, 5.74) is -0.571. The zero-order valence-corrected chi connectivity index (χ0v) is 12.2. The van der Waals surface area contributed by atoms with Crippen LogP contribution in [-0.2, 0) is 10.9 Å². The van der Waals surface area contributed by atoms with Crippen LogP contribution in [0.15, 0.2) is 22.7 Å². The van der Waals surface area contributed by atoms with E-state index in [0.29, 0.717) is 6.29 Å². The molecule has 0 unspecified atom stereocenters. The Hall–Kier alpha value is -0.880. The molecule has 0 aromatic heterocycles. The predicted molar refractivity (Wildman–Crippen MR) is 68.8 cm³/mol. The highest BCUT2D eigenvalue weighted by molar-refractivity contribution is 9.10. The van der Waals surface area contributed by atoms with Crippen LogP contribution in [0.4, 0.5) is 13.2 Å². The SMILES string of the molecule is CC.COC.O=Cc1ccc(C(F)(F)F)c(Br)c1. The molecule has 0 aliphatic rings. The first kappa shape index (κ1) is 19.5. The molecular weight excluding hydrogens is 313 g/mol. The summed E-state index contributed by atoms with van der Waals surface area (Å²) in [5, 5.41) is 0. The van der Waals surface area contributed by atoms with E-state index in [9.17, 15) is 18.0 Å². The lowest BCUT2D eigenvalue weighted by Crippen LogP contribution is -2.06. The van der Waals surface area contributed by atoms with Gasteiger partial charge in [-0.1, -0.05) is 35.8 Å². The van der Waals surface area contributed by atoms with Crippen LogP contribution < -0.4 is 0 Å². The van der Waals surface area contributed by atoms with Crippen molar-refractivity contribution < 1.29 is 22.7 Å². The van der Waals surface area contributed by atoms with Gasteiger partial charge in [-0.25, -0.2) is 0 Å². The molecule has 1 aromatic rings. The molecule has 0 saturated carbocycles. The van der Waals surface area contributed by atoms with Gasteiger partial charge in [0.2, 0.25) is 0 Å². The van der Waals surface area contributed by atoms with Crippen LogP contribution in [0, 0.1) is 0 Å². The Bertz CT molecular complexity index is 352. The number of benzene rings is 1. The van der Waals surface area contributed by atoms with Crippen molar-refractivity contribution in [3.63, 3.8) is 0 Å². The van der Waals surface area contributed by atoms with E-state index in [1.165, 1.54) is 0 Å². The maximum Gasteiger partial charge on any atom is 0.417 e. The standard InChI is InChI=1S/C8H4BrF3O.C2H6O.C2H6/c9-7-3-5(4-13)1-2-6(7)8(10,11)12;1-3-2;1-2/h1-4H;1-2H3;1-2H3. The number of hydrogen-bond acceptors (Lipinski definition) is 2. The van der Waals surface area contributed by atoms with Crippen LogP contribution in [0.3, 0.4) is 0 Å². The fourth-order valence-electron chi connectivity index (χ4n) is 0.835. The van der Waals surface area contributed by atoms with E-state index in [2.05, 4.69) is 20.7 Å². The Morgan fingerprint density at radius 1 is 1.22 bits per heavy atom. The largest absolute Gasteiger partial charge is 0.417 e. The normalized spacial score (nSPS) is 9.56. The lowest BCUT2D eigenvalue weighted by atomic mass is 10.1. The zero-order valence-electron chi connectivity index (χ0n) is 10.6. The van der Waals surface area contributed by atoms with Crippen molar-refractivity contribution in [2.24, 2.45) is 0 Å². The zero-order chi connectivity index (χ0) is 14.8. The fourth-order valence-corrected chi connectivity index (χ4v) is 1.46. The van der Waals surface area contributed by atoms with Crippen molar-refractivity contribution in [3.05, 3.63) is 33.8 Å². The lowest BCUT2D eigenvalue weighted by Gasteiger charge is -2.08.